The Hall–Kier alpha value is -1.08. The van der Waals surface area contributed by atoms with Gasteiger partial charge in [-0.3, -0.25) is 0 Å². The van der Waals surface area contributed by atoms with Crippen molar-refractivity contribution in [3.63, 3.8) is 0 Å². The first-order chi connectivity index (χ1) is 9.06. The molecule has 4 nitrogen and oxygen atoms in total. The van der Waals surface area contributed by atoms with Crippen LogP contribution in [0.1, 0.15) is 16.5 Å². The average Bonchev–Trinajstić information content (AvgIpc) is 2.92. The van der Waals surface area contributed by atoms with E-state index in [0.29, 0.717) is 31.0 Å². The van der Waals surface area contributed by atoms with Gasteiger partial charge in [0.2, 0.25) is 0 Å². The van der Waals surface area contributed by atoms with E-state index in [9.17, 15) is 9.90 Å². The first-order valence-electron chi connectivity index (χ1n) is 5.38. The lowest BCUT2D eigenvalue weighted by atomic mass is 10.1. The highest BCUT2D eigenvalue weighted by Gasteiger charge is 2.19. The molecule has 0 saturated heterocycles. The number of hydrogen-bond acceptors (Lipinski definition) is 3. The number of aliphatic hydroxyl groups is 1. The van der Waals surface area contributed by atoms with Crippen molar-refractivity contribution in [2.45, 2.75) is 6.10 Å². The number of hydrogen-bond donors (Lipinski definition) is 3. The van der Waals surface area contributed by atoms with Crippen molar-refractivity contribution in [2.24, 2.45) is 0 Å². The van der Waals surface area contributed by atoms with Crippen LogP contribution in [0.25, 0.3) is 11.0 Å². The highest BCUT2D eigenvalue weighted by atomic mass is 79.9. The molecule has 0 aliphatic rings. The topological polar surface area (TPSA) is 68.9 Å². The summed E-state index contributed by atoms with van der Waals surface area (Å²) >= 11 is 10.8. The summed E-state index contributed by atoms with van der Waals surface area (Å²) in [6, 6.07) is 5.24. The number of rotatable bonds is 2. The predicted molar refractivity (Wildman–Crippen MR) is 80.0 cm³/mol. The Morgan fingerprint density at radius 3 is 2.63 bits per heavy atom. The minimum atomic E-state index is -0.829. The van der Waals surface area contributed by atoms with Crippen LogP contribution in [-0.4, -0.2) is 15.1 Å². The molecule has 1 aromatic carbocycles. The van der Waals surface area contributed by atoms with Gasteiger partial charge in [0, 0.05) is 10.0 Å². The largest absolute Gasteiger partial charge is 0.383 e. The van der Waals surface area contributed by atoms with Gasteiger partial charge >= 0.3 is 5.69 Å². The second-order valence-corrected chi connectivity index (χ2v) is 6.24. The highest BCUT2D eigenvalue weighted by Crippen LogP contribution is 2.36. The molecule has 0 aliphatic heterocycles. The van der Waals surface area contributed by atoms with E-state index in [0.717, 1.165) is 0 Å². The smallest absolute Gasteiger partial charge is 0.323 e. The molecule has 7 heteroatoms. The van der Waals surface area contributed by atoms with Crippen molar-refractivity contribution in [1.82, 2.24) is 9.97 Å². The van der Waals surface area contributed by atoms with Crippen LogP contribution >= 0.6 is 38.9 Å². The maximum absolute atomic E-state index is 11.3. The summed E-state index contributed by atoms with van der Waals surface area (Å²) in [5, 5.41) is 12.8. The van der Waals surface area contributed by atoms with E-state index >= 15 is 0 Å². The van der Waals surface area contributed by atoms with Crippen LogP contribution in [0.3, 0.4) is 0 Å². The van der Waals surface area contributed by atoms with Gasteiger partial charge < -0.3 is 15.1 Å². The number of aromatic amines is 2. The highest BCUT2D eigenvalue weighted by molar-refractivity contribution is 9.10. The fraction of sp³-hybridized carbons (Fsp3) is 0.0833. The number of aromatic nitrogens is 2. The van der Waals surface area contributed by atoms with Crippen molar-refractivity contribution >= 4 is 49.9 Å². The number of H-pyrrole nitrogens is 2. The molecule has 1 atom stereocenters. The SMILES string of the molecule is O=c1[nH]c2cc(Br)c(C(O)c3sccc3Cl)cc2[nH]1. The van der Waals surface area contributed by atoms with Gasteiger partial charge in [-0.15, -0.1) is 11.3 Å². The van der Waals surface area contributed by atoms with Gasteiger partial charge in [0.05, 0.1) is 20.9 Å². The molecule has 0 spiro atoms. The lowest BCUT2D eigenvalue weighted by Gasteiger charge is -2.12. The van der Waals surface area contributed by atoms with Gasteiger partial charge in [-0.05, 0) is 23.6 Å². The van der Waals surface area contributed by atoms with E-state index < -0.39 is 6.10 Å². The molecule has 98 valence electrons. The zero-order valence-electron chi connectivity index (χ0n) is 9.41. The molecule has 19 heavy (non-hydrogen) atoms. The van der Waals surface area contributed by atoms with Crippen molar-refractivity contribution in [1.29, 1.82) is 0 Å². The van der Waals surface area contributed by atoms with E-state index in [1.807, 2.05) is 5.38 Å². The molecule has 3 rings (SSSR count). The fourth-order valence-corrected chi connectivity index (χ4v) is 3.65. The first-order valence-corrected chi connectivity index (χ1v) is 7.43. The molecular weight excluding hydrogens is 352 g/mol. The summed E-state index contributed by atoms with van der Waals surface area (Å²) in [5.41, 5.74) is 1.72. The third kappa shape index (κ3) is 2.25. The van der Waals surface area contributed by atoms with E-state index in [-0.39, 0.29) is 5.69 Å². The average molecular weight is 360 g/mol. The van der Waals surface area contributed by atoms with Crippen LogP contribution in [0.4, 0.5) is 0 Å². The monoisotopic (exact) mass is 358 g/mol. The quantitative estimate of drug-likeness (QED) is 0.656. The van der Waals surface area contributed by atoms with E-state index in [1.165, 1.54) is 11.3 Å². The summed E-state index contributed by atoms with van der Waals surface area (Å²) in [6.07, 6.45) is -0.829. The molecule has 2 heterocycles. The van der Waals surface area contributed by atoms with Crippen molar-refractivity contribution in [2.75, 3.05) is 0 Å². The van der Waals surface area contributed by atoms with Crippen LogP contribution in [-0.2, 0) is 0 Å². The summed E-state index contributed by atoms with van der Waals surface area (Å²) < 4.78 is 0.715. The first kappa shape index (κ1) is 12.9. The molecule has 3 aromatic rings. The predicted octanol–water partition coefficient (Wildman–Crippen LogP) is 3.42. The number of halogens is 2. The summed E-state index contributed by atoms with van der Waals surface area (Å²) in [7, 11) is 0. The van der Waals surface area contributed by atoms with E-state index in [2.05, 4.69) is 25.9 Å². The van der Waals surface area contributed by atoms with Crippen molar-refractivity contribution in [3.05, 3.63) is 54.0 Å². The minimum Gasteiger partial charge on any atom is -0.383 e. The molecular formula is C12H8BrClN2O2S. The minimum absolute atomic E-state index is 0.275. The Morgan fingerprint density at radius 1 is 1.32 bits per heavy atom. The van der Waals surface area contributed by atoms with Gasteiger partial charge in [-0.2, -0.15) is 0 Å². The molecule has 0 amide bonds. The zero-order chi connectivity index (χ0) is 13.6. The molecule has 0 radical (unpaired) electrons. The van der Waals surface area contributed by atoms with Gasteiger partial charge in [0.1, 0.15) is 6.10 Å². The maximum atomic E-state index is 11.3. The molecule has 1 unspecified atom stereocenters. The molecule has 0 bridgehead atoms. The standard InChI is InChI=1S/C12H8BrClN2O2S/c13-6-4-9-8(15-12(18)16-9)3-5(6)10(17)11-7(14)1-2-19-11/h1-4,10,17H,(H2,15,16,18). The zero-order valence-corrected chi connectivity index (χ0v) is 12.6. The van der Waals surface area contributed by atoms with Crippen LogP contribution < -0.4 is 5.69 Å². The Balaban J connectivity index is 2.16. The van der Waals surface area contributed by atoms with Crippen molar-refractivity contribution < 1.29 is 5.11 Å². The second-order valence-electron chi connectivity index (χ2n) is 4.03. The fourth-order valence-electron chi connectivity index (χ4n) is 1.92. The third-order valence-electron chi connectivity index (χ3n) is 2.82. The lowest BCUT2D eigenvalue weighted by molar-refractivity contribution is 0.223. The van der Waals surface area contributed by atoms with Crippen molar-refractivity contribution in [3.8, 4) is 0 Å². The summed E-state index contributed by atoms with van der Waals surface area (Å²) in [5.74, 6) is 0. The Bertz CT molecular complexity index is 808. The van der Waals surface area contributed by atoms with E-state index in [1.54, 1.807) is 18.2 Å². The Labute approximate surface area is 125 Å². The van der Waals surface area contributed by atoms with Gasteiger partial charge in [-0.1, -0.05) is 27.5 Å². The van der Waals surface area contributed by atoms with Gasteiger partial charge in [0.25, 0.3) is 0 Å². The lowest BCUT2D eigenvalue weighted by Crippen LogP contribution is -1.99. The Kier molecular flexibility index (Phi) is 3.26. The van der Waals surface area contributed by atoms with Gasteiger partial charge in [0.15, 0.2) is 0 Å². The molecule has 0 fully saturated rings. The summed E-state index contributed by atoms with van der Waals surface area (Å²) in [4.78, 5) is 17.3. The maximum Gasteiger partial charge on any atom is 0.323 e. The van der Waals surface area contributed by atoms with Crippen LogP contribution in [0, 0.1) is 0 Å². The second kappa shape index (κ2) is 4.79. The normalized spacial score (nSPS) is 13.0. The molecule has 2 aromatic heterocycles. The third-order valence-corrected chi connectivity index (χ3v) is 4.92. The van der Waals surface area contributed by atoms with Crippen LogP contribution in [0.5, 0.6) is 0 Å². The summed E-state index contributed by atoms with van der Waals surface area (Å²) in [6.45, 7) is 0. The van der Waals surface area contributed by atoms with Gasteiger partial charge in [-0.25, -0.2) is 4.79 Å². The van der Waals surface area contributed by atoms with Crippen LogP contribution in [0.15, 0.2) is 32.8 Å². The molecule has 3 N–H and O–H groups in total. The number of aliphatic hydroxyl groups excluding tert-OH is 1. The number of thiophene rings is 1. The number of benzene rings is 1. The number of imidazole rings is 1. The Morgan fingerprint density at radius 2 is 2.00 bits per heavy atom. The molecule has 0 aliphatic carbocycles. The number of nitrogens with one attached hydrogen (secondary N) is 2. The van der Waals surface area contributed by atoms with E-state index in [4.69, 9.17) is 11.6 Å². The molecule has 0 saturated carbocycles. The number of fused-ring (bicyclic) bond motifs is 1. The van der Waals surface area contributed by atoms with Crippen LogP contribution in [0.2, 0.25) is 5.02 Å².